The lowest BCUT2D eigenvalue weighted by molar-refractivity contribution is -0.398. The molecule has 0 N–H and O–H groups in total. The van der Waals surface area contributed by atoms with Crippen molar-refractivity contribution in [3.8, 4) is 17.6 Å². The van der Waals surface area contributed by atoms with E-state index in [1.54, 1.807) is 19.9 Å². The fraction of sp³-hybridized carbons (Fsp3) is 0.286. The van der Waals surface area contributed by atoms with Crippen LogP contribution in [0.3, 0.4) is 0 Å². The highest BCUT2D eigenvalue weighted by Crippen LogP contribution is 2.35. The van der Waals surface area contributed by atoms with E-state index >= 15 is 0 Å². The number of hydrogen-bond donors (Lipinski definition) is 0. The van der Waals surface area contributed by atoms with E-state index < -0.39 is 28.4 Å². The van der Waals surface area contributed by atoms with Crippen molar-refractivity contribution in [1.29, 1.82) is 5.26 Å². The predicted molar refractivity (Wildman–Crippen MR) is 73.9 cm³/mol. The highest BCUT2D eigenvalue weighted by molar-refractivity contribution is 5.98. The zero-order chi connectivity index (χ0) is 16.9. The molecule has 0 aliphatic carbocycles. The molecule has 0 spiro atoms. The van der Waals surface area contributed by atoms with Crippen LogP contribution in [-0.4, -0.2) is 24.1 Å². The normalized spacial score (nSPS) is 11.0. The van der Waals surface area contributed by atoms with Crippen LogP contribution >= 0.6 is 0 Å². The fourth-order valence-electron chi connectivity index (χ4n) is 1.56. The maximum Gasteiger partial charge on any atom is 0.349 e. The van der Waals surface area contributed by atoms with Gasteiger partial charge in [-0.15, -0.1) is 0 Å². The molecule has 8 nitrogen and oxygen atoms in total. The highest BCUT2D eigenvalue weighted by atomic mass is 16.6. The Balaban J connectivity index is 3.34. The Morgan fingerprint density at radius 2 is 2.09 bits per heavy atom. The second-order valence-electron chi connectivity index (χ2n) is 4.45. The molecule has 0 aliphatic heterocycles. The number of nitro benzene ring substituents is 1. The minimum absolute atomic E-state index is 0.111. The van der Waals surface area contributed by atoms with Crippen molar-refractivity contribution in [2.45, 2.75) is 20.0 Å². The number of nitrogens with zero attached hydrogens (tertiary/aromatic N) is 2. The van der Waals surface area contributed by atoms with Gasteiger partial charge in [-0.05, 0) is 31.6 Å². The number of esters is 1. The van der Waals surface area contributed by atoms with E-state index in [2.05, 4.69) is 0 Å². The molecule has 0 amide bonds. The Labute approximate surface area is 126 Å². The van der Waals surface area contributed by atoms with Gasteiger partial charge in [0, 0.05) is 11.8 Å². The van der Waals surface area contributed by atoms with Crippen molar-refractivity contribution in [3.63, 3.8) is 0 Å². The van der Waals surface area contributed by atoms with Crippen LogP contribution in [0.2, 0.25) is 0 Å². The van der Waals surface area contributed by atoms with Gasteiger partial charge in [-0.2, -0.15) is 5.26 Å². The monoisotopic (exact) mass is 305 g/mol. The van der Waals surface area contributed by atoms with Crippen LogP contribution in [0.4, 0.5) is 5.69 Å². The van der Waals surface area contributed by atoms with E-state index in [-0.39, 0.29) is 16.9 Å². The molecule has 0 unspecified atom stereocenters. The van der Waals surface area contributed by atoms with Crippen LogP contribution in [0.15, 0.2) is 17.7 Å². The first kappa shape index (κ1) is 17.0. The van der Waals surface area contributed by atoms with Crippen LogP contribution in [0.1, 0.15) is 19.4 Å². The zero-order valence-corrected chi connectivity index (χ0v) is 12.2. The topological polar surface area (TPSA) is 126 Å². The third kappa shape index (κ3) is 3.96. The first-order valence-corrected chi connectivity index (χ1v) is 6.16. The third-order valence-electron chi connectivity index (χ3n) is 2.47. The van der Waals surface area contributed by atoms with Crippen LogP contribution in [-0.2, 0) is 9.53 Å². The molecule has 0 bridgehead atoms. The van der Waals surface area contributed by atoms with Crippen molar-refractivity contribution in [2.24, 2.45) is 0 Å². The Bertz CT molecular complexity index is 673. The molecule has 1 rings (SSSR count). The first-order chi connectivity index (χ1) is 10.3. The first-order valence-electron chi connectivity index (χ1n) is 6.16. The van der Waals surface area contributed by atoms with Crippen LogP contribution in [0.25, 0.3) is 6.08 Å². The summed E-state index contributed by atoms with van der Waals surface area (Å²) in [7, 11) is 1.19. The lowest BCUT2D eigenvalue weighted by Gasteiger charge is -2.13. The molecular formula is C14H13N2O6-. The van der Waals surface area contributed by atoms with Gasteiger partial charge in [0.15, 0.2) is 0 Å². The summed E-state index contributed by atoms with van der Waals surface area (Å²) in [5, 5.41) is 31.5. The van der Waals surface area contributed by atoms with Crippen LogP contribution < -0.4 is 9.84 Å². The minimum atomic E-state index is -0.882. The van der Waals surface area contributed by atoms with E-state index in [1.807, 2.05) is 0 Å². The molecule has 0 saturated carbocycles. The Kier molecular flexibility index (Phi) is 5.46. The number of rotatable bonds is 5. The van der Waals surface area contributed by atoms with E-state index in [9.17, 15) is 20.0 Å². The average Bonchev–Trinajstić information content (AvgIpc) is 2.44. The molecule has 0 heterocycles. The van der Waals surface area contributed by atoms with Gasteiger partial charge >= 0.3 is 5.97 Å². The molecule has 0 aliphatic rings. The predicted octanol–water partition coefficient (Wildman–Crippen LogP) is 1.54. The second-order valence-corrected chi connectivity index (χ2v) is 4.45. The molecule has 0 saturated heterocycles. The van der Waals surface area contributed by atoms with Crippen LogP contribution in [0, 0.1) is 21.4 Å². The zero-order valence-electron chi connectivity index (χ0n) is 12.2. The van der Waals surface area contributed by atoms with Gasteiger partial charge in [-0.25, -0.2) is 4.79 Å². The lowest BCUT2D eigenvalue weighted by Crippen LogP contribution is -2.12. The molecule has 1 aromatic carbocycles. The fourth-order valence-corrected chi connectivity index (χ4v) is 1.56. The number of benzene rings is 1. The van der Waals surface area contributed by atoms with Crippen molar-refractivity contribution in [2.75, 3.05) is 7.11 Å². The summed E-state index contributed by atoms with van der Waals surface area (Å²) in [5.74, 6) is -1.99. The van der Waals surface area contributed by atoms with Gasteiger partial charge in [-0.3, -0.25) is 10.1 Å². The molecule has 22 heavy (non-hydrogen) atoms. The smallest absolute Gasteiger partial charge is 0.349 e. The summed E-state index contributed by atoms with van der Waals surface area (Å²) in [6, 6.07) is 3.82. The van der Waals surface area contributed by atoms with E-state index in [0.717, 1.165) is 12.1 Å². The highest BCUT2D eigenvalue weighted by Gasteiger charge is 2.16. The van der Waals surface area contributed by atoms with Crippen LogP contribution in [0.5, 0.6) is 11.5 Å². The Morgan fingerprint density at radius 1 is 1.45 bits per heavy atom. The number of methoxy groups -OCH3 is 1. The summed E-state index contributed by atoms with van der Waals surface area (Å²) in [6.45, 7) is 3.24. The summed E-state index contributed by atoms with van der Waals surface area (Å²) in [6.07, 6.45) is 0.678. The second kappa shape index (κ2) is 7.08. The van der Waals surface area contributed by atoms with Gasteiger partial charge < -0.3 is 14.6 Å². The quantitative estimate of drug-likeness (QED) is 0.265. The molecule has 0 atom stereocenters. The summed E-state index contributed by atoms with van der Waals surface area (Å²) in [5.41, 5.74) is -0.941. The SMILES string of the molecule is COc1cc(/C=C(\C#N)C(=O)OC(C)C)cc([N+](=O)[O-])c1[O-]. The summed E-state index contributed by atoms with van der Waals surface area (Å²) in [4.78, 5) is 21.7. The number of carbonyl (C=O) groups excluding carboxylic acids is 1. The van der Waals surface area contributed by atoms with Crippen molar-refractivity contribution in [3.05, 3.63) is 33.4 Å². The largest absolute Gasteiger partial charge is 0.865 e. The maximum absolute atomic E-state index is 11.7. The van der Waals surface area contributed by atoms with E-state index in [0.29, 0.717) is 0 Å². The molecule has 0 radical (unpaired) electrons. The number of nitriles is 1. The molecular weight excluding hydrogens is 292 g/mol. The van der Waals surface area contributed by atoms with Gasteiger partial charge in [0.05, 0.1) is 18.1 Å². The third-order valence-corrected chi connectivity index (χ3v) is 2.47. The average molecular weight is 305 g/mol. The molecule has 1 aromatic rings. The number of hydrogen-bond acceptors (Lipinski definition) is 7. The van der Waals surface area contributed by atoms with Gasteiger partial charge in [0.2, 0.25) is 0 Å². The number of carbonyl (C=O) groups is 1. The van der Waals surface area contributed by atoms with Gasteiger partial charge in [0.25, 0.3) is 5.69 Å². The summed E-state index contributed by atoms with van der Waals surface area (Å²) < 4.78 is 9.65. The lowest BCUT2D eigenvalue weighted by atomic mass is 10.1. The standard InChI is InChI=1S/C14H14N2O6/c1-8(2)22-14(18)10(7-15)4-9-5-11(16(19)20)13(17)12(6-9)21-3/h4-6,8,17H,1-3H3/p-1/b10-4+. The molecule has 116 valence electrons. The van der Waals surface area contributed by atoms with E-state index in [1.165, 1.54) is 13.2 Å². The maximum atomic E-state index is 11.7. The molecule has 0 fully saturated rings. The molecule has 8 heteroatoms. The Morgan fingerprint density at radius 3 is 2.55 bits per heavy atom. The number of nitro groups is 1. The van der Waals surface area contributed by atoms with Gasteiger partial charge in [0.1, 0.15) is 17.4 Å². The van der Waals surface area contributed by atoms with Crippen molar-refractivity contribution < 1.29 is 24.3 Å². The molecule has 0 aromatic heterocycles. The van der Waals surface area contributed by atoms with E-state index in [4.69, 9.17) is 14.7 Å². The van der Waals surface area contributed by atoms with Crippen molar-refractivity contribution in [1.82, 2.24) is 0 Å². The number of ether oxygens (including phenoxy) is 2. The Hall–Kier alpha value is -3.08. The minimum Gasteiger partial charge on any atom is -0.865 e. The van der Waals surface area contributed by atoms with Gasteiger partial charge in [-0.1, -0.05) is 0 Å². The van der Waals surface area contributed by atoms with Crippen molar-refractivity contribution >= 4 is 17.7 Å². The summed E-state index contributed by atoms with van der Waals surface area (Å²) >= 11 is 0.